The molecule has 1 heterocycles. The highest BCUT2D eigenvalue weighted by Crippen LogP contribution is 2.57. The van der Waals surface area contributed by atoms with Gasteiger partial charge in [0, 0.05) is 7.11 Å². The molecule has 4 nitrogen and oxygen atoms in total. The van der Waals surface area contributed by atoms with E-state index in [-0.39, 0.29) is 0 Å². The molecule has 0 amide bonds. The van der Waals surface area contributed by atoms with Crippen LogP contribution < -0.4 is 0 Å². The van der Waals surface area contributed by atoms with Crippen LogP contribution in [-0.2, 0) is 14.2 Å². The lowest BCUT2D eigenvalue weighted by atomic mass is 10.3. The minimum atomic E-state index is -6.36. The normalized spacial score (nSPS) is 25.8. The number of hydrogen-bond donors (Lipinski definition) is 0. The lowest BCUT2D eigenvalue weighted by Crippen LogP contribution is -2.73. The third-order valence-corrected chi connectivity index (χ3v) is 2.39. The fourth-order valence-corrected chi connectivity index (χ4v) is 1.33. The van der Waals surface area contributed by atoms with Gasteiger partial charge in [0.2, 0.25) is 0 Å². The van der Waals surface area contributed by atoms with Crippen molar-refractivity contribution in [3.8, 4) is 0 Å². The first kappa shape index (κ1) is 19.6. The van der Waals surface area contributed by atoms with Gasteiger partial charge < -0.3 is 9.47 Å². The molecular weight excluding hydrogens is 360 g/mol. The molecule has 1 rings (SSSR count). The van der Waals surface area contributed by atoms with Crippen molar-refractivity contribution in [2.24, 2.45) is 0 Å². The van der Waals surface area contributed by atoms with E-state index in [1.54, 1.807) is 0 Å². The molecule has 0 unspecified atom stereocenters. The van der Waals surface area contributed by atoms with E-state index in [9.17, 15) is 43.9 Å². The number of hydrogen-bond acceptors (Lipinski definition) is 4. The zero-order valence-corrected chi connectivity index (χ0v) is 10.9. The van der Waals surface area contributed by atoms with E-state index in [2.05, 4.69) is 14.2 Å². The molecule has 0 spiro atoms. The summed E-state index contributed by atoms with van der Waals surface area (Å²) in [5, 5.41) is 0. The molecule has 0 aromatic heterocycles. The summed E-state index contributed by atoms with van der Waals surface area (Å²) in [5.41, 5.74) is 0. The fraction of sp³-hybridized carbons (Fsp3) is 0.778. The van der Waals surface area contributed by atoms with Crippen LogP contribution in [-0.4, -0.2) is 49.5 Å². The molecule has 0 aromatic rings. The van der Waals surface area contributed by atoms with Crippen LogP contribution in [0.2, 0.25) is 0 Å². The maximum atomic E-state index is 13.4. The Balaban J connectivity index is 3.34. The van der Waals surface area contributed by atoms with Crippen molar-refractivity contribution in [2.45, 2.75) is 24.3 Å². The van der Waals surface area contributed by atoms with Crippen molar-refractivity contribution in [2.75, 3.05) is 20.3 Å². The smallest absolute Gasteiger partial charge is 0.445 e. The second-order valence-corrected chi connectivity index (χ2v) is 3.96. The minimum absolute atomic E-state index is 0.483. The Kier molecular flexibility index (Phi) is 5.02. The van der Waals surface area contributed by atoms with Crippen molar-refractivity contribution in [3.63, 3.8) is 0 Å². The summed E-state index contributed by atoms with van der Waals surface area (Å²) in [6, 6.07) is -15.6. The lowest BCUT2D eigenvalue weighted by molar-refractivity contribution is -0.559. The van der Waals surface area contributed by atoms with Crippen LogP contribution in [0.4, 0.5) is 43.9 Å². The molecule has 1 fully saturated rings. The molecule has 0 atom stereocenters. The molecule has 0 radical (unpaired) electrons. The fourth-order valence-electron chi connectivity index (χ4n) is 1.33. The van der Waals surface area contributed by atoms with Gasteiger partial charge in [-0.25, -0.2) is 9.64 Å². The van der Waals surface area contributed by atoms with Gasteiger partial charge in [-0.15, -0.1) is 0 Å². The summed E-state index contributed by atoms with van der Waals surface area (Å²) in [7, 11) is 1.03. The molecule has 0 saturated carbocycles. The second-order valence-electron chi connectivity index (χ2n) is 3.96. The predicted molar refractivity (Wildman–Crippen MR) is 49.8 cm³/mol. The van der Waals surface area contributed by atoms with Crippen LogP contribution in [0.5, 0.6) is 0 Å². The van der Waals surface area contributed by atoms with E-state index in [4.69, 9.17) is 0 Å². The Hall–Kier alpha value is -1.44. The van der Waals surface area contributed by atoms with E-state index in [1.165, 1.54) is 0 Å². The summed E-state index contributed by atoms with van der Waals surface area (Å²) in [6.45, 7) is -1.40. The first-order valence-electron chi connectivity index (χ1n) is 5.41. The van der Waals surface area contributed by atoms with Crippen LogP contribution in [0.1, 0.15) is 0 Å². The molecule has 0 N–H and O–H groups in total. The van der Waals surface area contributed by atoms with Gasteiger partial charge in [0.25, 0.3) is 5.95 Å². The molecule has 14 heteroatoms. The summed E-state index contributed by atoms with van der Waals surface area (Å²) in [5.74, 6) is -3.47. The average Bonchev–Trinajstić information content (AvgIpc) is 2.35. The van der Waals surface area contributed by atoms with Gasteiger partial charge in [0.1, 0.15) is 6.61 Å². The monoisotopic (exact) mass is 367 g/mol. The van der Waals surface area contributed by atoms with Gasteiger partial charge in [-0.05, 0) is 0 Å². The lowest BCUT2D eigenvalue weighted by Gasteiger charge is -2.46. The Labute approximate surface area is 121 Å². The first-order valence-corrected chi connectivity index (χ1v) is 5.41. The van der Waals surface area contributed by atoms with Crippen LogP contribution in [0.15, 0.2) is 12.0 Å². The Morgan fingerprint density at radius 2 is 1.30 bits per heavy atom. The van der Waals surface area contributed by atoms with E-state index < -0.39 is 54.4 Å². The average molecular weight is 367 g/mol. The van der Waals surface area contributed by atoms with Gasteiger partial charge in [-0.3, -0.25) is 0 Å². The number of rotatable bonds is 5. The number of morpholine rings is 1. The summed E-state index contributed by atoms with van der Waals surface area (Å²) in [6.07, 6.45) is -12.5. The molecule has 1 aliphatic rings. The topological polar surface area (TPSA) is 30.9 Å². The highest BCUT2D eigenvalue weighted by Gasteiger charge is 2.84. The number of alkyl halides is 8. The Morgan fingerprint density at radius 3 is 1.70 bits per heavy atom. The number of halogens is 10. The Morgan fingerprint density at radius 1 is 0.870 bits per heavy atom. The van der Waals surface area contributed by atoms with Crippen molar-refractivity contribution in [1.82, 2.24) is 4.90 Å². The third kappa shape index (κ3) is 3.13. The van der Waals surface area contributed by atoms with Gasteiger partial charge in [0.15, 0.2) is 0 Å². The van der Waals surface area contributed by atoms with Crippen molar-refractivity contribution < 1.29 is 58.1 Å². The summed E-state index contributed by atoms with van der Waals surface area (Å²) in [4.78, 5) is -2.73. The van der Waals surface area contributed by atoms with Crippen molar-refractivity contribution in [1.29, 1.82) is 0 Å². The molecule has 0 aromatic carbocycles. The molecule has 136 valence electrons. The number of nitrogens with zero attached hydrogens (tertiary/aromatic N) is 1. The van der Waals surface area contributed by atoms with E-state index in [0.29, 0.717) is 0 Å². The molecule has 1 aliphatic heterocycles. The molecule has 23 heavy (non-hydrogen) atoms. The zero-order valence-electron chi connectivity index (χ0n) is 10.9. The van der Waals surface area contributed by atoms with Gasteiger partial charge >= 0.3 is 30.3 Å². The largest absolute Gasteiger partial charge is 0.465 e. The minimum Gasteiger partial charge on any atom is -0.465 e. The summed E-state index contributed by atoms with van der Waals surface area (Å²) >= 11 is 0. The standard InChI is InChI=1S/C9H7F10NO3/c1-21-2-3-22-5(11)4(10)20-6(12,13)8(16,17)23-9(18,19)7(20,14)15/h2-3H2,1H3/b5-4+. The third-order valence-electron chi connectivity index (χ3n) is 2.39. The van der Waals surface area contributed by atoms with Gasteiger partial charge in [-0.1, -0.05) is 0 Å². The van der Waals surface area contributed by atoms with Crippen LogP contribution in [0.25, 0.3) is 0 Å². The van der Waals surface area contributed by atoms with E-state index in [1.807, 2.05) is 0 Å². The molecule has 0 bridgehead atoms. The molecule has 1 saturated heterocycles. The van der Waals surface area contributed by atoms with Gasteiger partial charge in [-0.2, -0.15) is 43.9 Å². The van der Waals surface area contributed by atoms with Gasteiger partial charge in [0.05, 0.1) is 6.61 Å². The SMILES string of the molecule is COCCO/C(F)=C(\F)N1C(F)(F)C(F)(F)OC(F)(F)C1(F)F. The Bertz CT molecular complexity index is 454. The van der Waals surface area contributed by atoms with Crippen LogP contribution in [0.3, 0.4) is 0 Å². The van der Waals surface area contributed by atoms with E-state index in [0.717, 1.165) is 7.11 Å². The molecule has 0 aliphatic carbocycles. The van der Waals surface area contributed by atoms with E-state index >= 15 is 0 Å². The summed E-state index contributed by atoms with van der Waals surface area (Å²) < 4.78 is 140. The first-order chi connectivity index (χ1) is 10.2. The van der Waals surface area contributed by atoms with Crippen molar-refractivity contribution >= 4 is 0 Å². The quantitative estimate of drug-likeness (QED) is 0.323. The highest BCUT2D eigenvalue weighted by atomic mass is 19.4. The van der Waals surface area contributed by atoms with Crippen molar-refractivity contribution in [3.05, 3.63) is 12.0 Å². The number of ether oxygens (including phenoxy) is 3. The zero-order chi connectivity index (χ0) is 18.3. The molecular formula is C9H7F10NO3. The second kappa shape index (κ2) is 5.89. The number of methoxy groups -OCH3 is 1. The predicted octanol–water partition coefficient (Wildman–Crippen LogP) is 3.42. The maximum Gasteiger partial charge on any atom is 0.445 e. The maximum absolute atomic E-state index is 13.4. The van der Waals surface area contributed by atoms with Crippen LogP contribution in [0, 0.1) is 0 Å². The van der Waals surface area contributed by atoms with Crippen LogP contribution >= 0.6 is 0 Å². The highest BCUT2D eigenvalue weighted by molar-refractivity contribution is 5.06.